The van der Waals surface area contributed by atoms with Crippen molar-refractivity contribution in [2.24, 2.45) is 0 Å². The molecule has 0 bridgehead atoms. The molecule has 2 heterocycles. The first-order chi connectivity index (χ1) is 4.88. The van der Waals surface area contributed by atoms with Crippen molar-refractivity contribution >= 4 is 16.8 Å². The summed E-state index contributed by atoms with van der Waals surface area (Å²) in [7, 11) is -1.19. The van der Waals surface area contributed by atoms with Crippen LogP contribution in [0.4, 0.5) is 0 Å². The first kappa shape index (κ1) is 5.70. The quantitative estimate of drug-likeness (QED) is 0.561. The van der Waals surface area contributed by atoms with Crippen LogP contribution >= 0.6 is 10.8 Å². The summed E-state index contributed by atoms with van der Waals surface area (Å²) in [6, 6.07) is 0. The van der Waals surface area contributed by atoms with Crippen LogP contribution in [0.15, 0.2) is 11.7 Å². The Balaban J connectivity index is 2.57. The summed E-state index contributed by atoms with van der Waals surface area (Å²) in [5.74, 6) is 0. The highest BCUT2D eigenvalue weighted by Gasteiger charge is 2.17. The third kappa shape index (κ3) is 0.680. The molecule has 5 heteroatoms. The van der Waals surface area contributed by atoms with E-state index in [0.29, 0.717) is 10.8 Å². The molecule has 0 aliphatic carbocycles. The number of thiazole rings is 1. The van der Waals surface area contributed by atoms with Crippen LogP contribution in [-0.4, -0.2) is 9.54 Å². The lowest BCUT2D eigenvalue weighted by molar-refractivity contribution is 0.244. The zero-order chi connectivity index (χ0) is 6.97. The molecular weight excluding hydrogens is 152 g/mol. The molecule has 10 heavy (non-hydrogen) atoms. The van der Waals surface area contributed by atoms with Crippen LogP contribution in [0.3, 0.4) is 0 Å². The molecule has 52 valence electrons. The maximum Gasteiger partial charge on any atom is 0.380 e. The summed E-state index contributed by atoms with van der Waals surface area (Å²) in [5.41, 5.74) is 4.46. The van der Waals surface area contributed by atoms with E-state index in [4.69, 9.17) is 4.84 Å². The Morgan fingerprint density at radius 1 is 1.70 bits per heavy atom. The van der Waals surface area contributed by atoms with Crippen LogP contribution < -0.4 is 10.3 Å². The topological polar surface area (TPSA) is 57.2 Å². The lowest BCUT2D eigenvalue weighted by Crippen LogP contribution is -2.13. The molecule has 0 radical (unpaired) electrons. The van der Waals surface area contributed by atoms with Gasteiger partial charge in [-0.1, -0.05) is 0 Å². The van der Waals surface area contributed by atoms with Crippen molar-refractivity contribution in [3.8, 4) is 5.06 Å². The second kappa shape index (κ2) is 1.96. The standard InChI is InChI=1S/C5H4N2O2S/c8-10-3-6-4-1-2-7-9-5(4)10/h1-3,7H. The molecule has 1 aromatic heterocycles. The van der Waals surface area contributed by atoms with Gasteiger partial charge >= 0.3 is 5.06 Å². The van der Waals surface area contributed by atoms with Crippen LogP contribution in [0, 0.1) is 0 Å². The minimum absolute atomic E-state index is 0.391. The zero-order valence-electron chi connectivity index (χ0n) is 4.90. The highest BCUT2D eigenvalue weighted by Crippen LogP contribution is 2.33. The Bertz CT molecular complexity index is 281. The molecule has 2 rings (SSSR count). The fourth-order valence-electron chi connectivity index (χ4n) is 0.713. The second-order valence-corrected chi connectivity index (χ2v) is 2.93. The Morgan fingerprint density at radius 3 is 3.40 bits per heavy atom. The van der Waals surface area contributed by atoms with Gasteiger partial charge in [0.1, 0.15) is 0 Å². The Labute approximate surface area is 59.9 Å². The number of nitrogens with zero attached hydrogens (tertiary/aromatic N) is 1. The van der Waals surface area contributed by atoms with Gasteiger partial charge < -0.3 is 9.39 Å². The van der Waals surface area contributed by atoms with Crippen molar-refractivity contribution in [1.82, 2.24) is 10.5 Å². The lowest BCUT2D eigenvalue weighted by atomic mass is 10.4. The molecule has 0 spiro atoms. The molecule has 1 N–H and O–H groups in total. The second-order valence-electron chi connectivity index (χ2n) is 1.76. The summed E-state index contributed by atoms with van der Waals surface area (Å²) >= 11 is 0. The molecule has 0 amide bonds. The summed E-state index contributed by atoms with van der Waals surface area (Å²) in [4.78, 5) is 8.67. The van der Waals surface area contributed by atoms with E-state index in [9.17, 15) is 4.55 Å². The van der Waals surface area contributed by atoms with Gasteiger partial charge in [0.2, 0.25) is 5.51 Å². The molecule has 0 saturated heterocycles. The number of hydroxylamine groups is 1. The summed E-state index contributed by atoms with van der Waals surface area (Å²) in [5, 5.41) is 0.391. The van der Waals surface area contributed by atoms with Crippen LogP contribution in [0.25, 0.3) is 6.08 Å². The molecule has 1 aliphatic heterocycles. The fraction of sp³-hybridized carbons (Fsp3) is 0. The van der Waals surface area contributed by atoms with Gasteiger partial charge in [-0.05, 0) is 6.08 Å². The number of rotatable bonds is 0. The van der Waals surface area contributed by atoms with Crippen molar-refractivity contribution in [2.75, 3.05) is 0 Å². The maximum atomic E-state index is 10.9. The normalized spacial score (nSPS) is 15.5. The number of fused-ring (bicyclic) bond motifs is 1. The number of aromatic nitrogens is 1. The van der Waals surface area contributed by atoms with Crippen molar-refractivity contribution in [3.05, 3.63) is 17.4 Å². The molecule has 1 unspecified atom stereocenters. The van der Waals surface area contributed by atoms with Gasteiger partial charge in [-0.25, -0.2) is 5.48 Å². The van der Waals surface area contributed by atoms with Crippen molar-refractivity contribution in [3.63, 3.8) is 0 Å². The van der Waals surface area contributed by atoms with Gasteiger partial charge in [0.25, 0.3) is 0 Å². The first-order valence-electron chi connectivity index (χ1n) is 2.66. The minimum Gasteiger partial charge on any atom is -0.587 e. The minimum atomic E-state index is -1.19. The maximum absolute atomic E-state index is 10.9. The van der Waals surface area contributed by atoms with E-state index >= 15 is 0 Å². The number of hydrogen-bond acceptors (Lipinski definition) is 4. The van der Waals surface area contributed by atoms with E-state index in [2.05, 4.69) is 10.5 Å². The molecule has 4 nitrogen and oxygen atoms in total. The molecule has 1 aromatic rings. The predicted molar refractivity (Wildman–Crippen MR) is 35.7 cm³/mol. The molecular formula is C5H4N2O2S. The molecule has 1 atom stereocenters. The summed E-state index contributed by atoms with van der Waals surface area (Å²) in [6.45, 7) is 0. The van der Waals surface area contributed by atoms with Gasteiger partial charge in [0.05, 0.1) is 0 Å². The lowest BCUT2D eigenvalue weighted by Gasteiger charge is -2.03. The third-order valence-corrected chi connectivity index (χ3v) is 2.10. The first-order valence-corrected chi connectivity index (χ1v) is 3.87. The van der Waals surface area contributed by atoms with Crippen molar-refractivity contribution < 1.29 is 9.39 Å². The average molecular weight is 156 g/mol. The van der Waals surface area contributed by atoms with E-state index in [-0.39, 0.29) is 0 Å². The SMILES string of the molecule is [O-][s+]1cnc2c1ONC=C2. The number of nitrogens with one attached hydrogen (secondary N) is 1. The van der Waals surface area contributed by atoms with E-state index in [1.54, 1.807) is 12.3 Å². The monoisotopic (exact) mass is 156 g/mol. The van der Waals surface area contributed by atoms with Gasteiger partial charge in [-0.15, -0.1) is 0 Å². The fourth-order valence-corrected chi connectivity index (χ4v) is 1.48. The molecule has 1 aliphatic rings. The summed E-state index contributed by atoms with van der Waals surface area (Å²) < 4.78 is 10.9. The van der Waals surface area contributed by atoms with Crippen LogP contribution in [-0.2, 0) is 0 Å². The van der Waals surface area contributed by atoms with Gasteiger partial charge in [-0.2, -0.15) is 4.98 Å². The predicted octanol–water partition coefficient (Wildman–Crippen LogP) is 0.677. The zero-order valence-corrected chi connectivity index (χ0v) is 5.72. The van der Waals surface area contributed by atoms with Crippen LogP contribution in [0.1, 0.15) is 5.69 Å². The van der Waals surface area contributed by atoms with Gasteiger partial charge in [-0.3, -0.25) is 0 Å². The Kier molecular flexibility index (Phi) is 1.12. The average Bonchev–Trinajstić information content (AvgIpc) is 2.34. The smallest absolute Gasteiger partial charge is 0.380 e. The highest BCUT2D eigenvalue weighted by atomic mass is 32.2. The van der Waals surface area contributed by atoms with Crippen molar-refractivity contribution in [2.45, 2.75) is 0 Å². The van der Waals surface area contributed by atoms with Crippen LogP contribution in [0.2, 0.25) is 0 Å². The van der Waals surface area contributed by atoms with Crippen molar-refractivity contribution in [1.29, 1.82) is 0 Å². The molecule has 0 fully saturated rings. The number of hydrogen-bond donors (Lipinski definition) is 1. The van der Waals surface area contributed by atoms with Crippen LogP contribution in [0.5, 0.6) is 5.06 Å². The van der Waals surface area contributed by atoms with E-state index in [1.165, 1.54) is 5.51 Å². The Morgan fingerprint density at radius 2 is 2.60 bits per heavy atom. The van der Waals surface area contributed by atoms with E-state index < -0.39 is 10.8 Å². The Hall–Kier alpha value is -1.07. The van der Waals surface area contributed by atoms with E-state index in [1.807, 2.05) is 0 Å². The van der Waals surface area contributed by atoms with Gasteiger partial charge in [0, 0.05) is 17.0 Å². The largest absolute Gasteiger partial charge is 0.587 e. The molecule has 0 aromatic carbocycles. The third-order valence-electron chi connectivity index (χ3n) is 1.14. The van der Waals surface area contributed by atoms with Gasteiger partial charge in [0.15, 0.2) is 5.69 Å². The highest BCUT2D eigenvalue weighted by molar-refractivity contribution is 7.25. The molecule has 0 saturated carbocycles. The van der Waals surface area contributed by atoms with E-state index in [0.717, 1.165) is 0 Å². The summed E-state index contributed by atoms with van der Waals surface area (Å²) in [6.07, 6.45) is 3.30.